The summed E-state index contributed by atoms with van der Waals surface area (Å²) in [7, 11) is -6.34. The zero-order valence-electron chi connectivity index (χ0n) is 18.9. The molecule has 0 saturated heterocycles. The minimum atomic E-state index is -3.59. The topological polar surface area (TPSA) is 139 Å². The molecule has 0 amide bonds. The van der Waals surface area contributed by atoms with Crippen LogP contribution in [0, 0.1) is 0 Å². The molecule has 3 rings (SSSR count). The molecule has 1 heterocycles. The molecule has 0 saturated carbocycles. The number of carbonyl (C=O) groups is 1. The van der Waals surface area contributed by atoms with Gasteiger partial charge < -0.3 is 20.1 Å². The lowest BCUT2D eigenvalue weighted by atomic mass is 10.1. The van der Waals surface area contributed by atoms with Crippen LogP contribution in [-0.2, 0) is 32.2 Å². The van der Waals surface area contributed by atoms with E-state index in [4.69, 9.17) is 23.2 Å². The predicted molar refractivity (Wildman–Crippen MR) is 138 cm³/mol. The minimum absolute atomic E-state index is 0.0442. The summed E-state index contributed by atoms with van der Waals surface area (Å²) in [6, 6.07) is 8.43. The van der Waals surface area contributed by atoms with Gasteiger partial charge >= 0.3 is 5.97 Å². The van der Waals surface area contributed by atoms with Gasteiger partial charge in [-0.05, 0) is 48.5 Å². The molecular formula is C22H24Cl2N3O6PS. The van der Waals surface area contributed by atoms with Gasteiger partial charge in [0.15, 0.2) is 0 Å². The van der Waals surface area contributed by atoms with Crippen LogP contribution in [-0.4, -0.2) is 58.9 Å². The second-order valence-corrected chi connectivity index (χ2v) is 14.1. The fraction of sp³-hybridized carbons (Fsp3) is 0.273. The number of hydrogen-bond acceptors (Lipinski definition) is 7. The number of nitrogens with zero attached hydrogens (tertiary/aromatic N) is 2. The van der Waals surface area contributed by atoms with Crippen molar-refractivity contribution in [1.82, 2.24) is 9.19 Å². The highest BCUT2D eigenvalue weighted by Gasteiger charge is 2.23. The molecule has 3 N–H and O–H groups in total. The van der Waals surface area contributed by atoms with Gasteiger partial charge in [0.1, 0.15) is 18.9 Å². The van der Waals surface area contributed by atoms with Gasteiger partial charge in [0.05, 0.1) is 28.2 Å². The van der Waals surface area contributed by atoms with Crippen molar-refractivity contribution < 1.29 is 28.0 Å². The van der Waals surface area contributed by atoms with E-state index in [1.54, 1.807) is 30.9 Å². The van der Waals surface area contributed by atoms with Crippen molar-refractivity contribution in [3.05, 3.63) is 70.0 Å². The summed E-state index contributed by atoms with van der Waals surface area (Å²) in [6.07, 6.45) is 4.16. The molecule has 13 heteroatoms. The number of phenolic OH excluding ortho intramolecular Hbond substituents is 1. The van der Waals surface area contributed by atoms with Crippen LogP contribution in [0.15, 0.2) is 48.8 Å². The van der Waals surface area contributed by atoms with Gasteiger partial charge in [0, 0.05) is 24.1 Å². The Balaban J connectivity index is 1.75. The number of phenols is 1. The van der Waals surface area contributed by atoms with E-state index < -0.39 is 29.2 Å². The number of nitrogens with one attached hydrogen (secondary N) is 1. The average Bonchev–Trinajstić information content (AvgIpc) is 3.23. The Kier molecular flexibility index (Phi) is 8.21. The minimum Gasteiger partial charge on any atom is -0.508 e. The van der Waals surface area contributed by atoms with E-state index in [1.807, 2.05) is 0 Å². The fourth-order valence-corrected chi connectivity index (χ4v) is 6.34. The van der Waals surface area contributed by atoms with Gasteiger partial charge in [-0.3, -0.25) is 0 Å². The monoisotopic (exact) mass is 559 g/mol. The average molecular weight is 560 g/mol. The van der Waals surface area contributed by atoms with Gasteiger partial charge in [-0.2, -0.15) is 9.19 Å². The molecule has 0 aliphatic heterocycles. The summed E-state index contributed by atoms with van der Waals surface area (Å²) in [5.41, 5.74) is 1.33. The van der Waals surface area contributed by atoms with Gasteiger partial charge in [0.25, 0.3) is 10.0 Å². The van der Waals surface area contributed by atoms with E-state index in [0.29, 0.717) is 29.0 Å². The van der Waals surface area contributed by atoms with E-state index in [-0.39, 0.29) is 27.9 Å². The first-order valence-electron chi connectivity index (χ1n) is 10.3. The SMILES string of the molecule is CP(=O)(CCc1cc(Cl)c(N[C@@H](Cc2cnn(S(C)(=O)=O)c2)C(=O)O)c(Cl)c1)c1cccc(O)c1. The first-order valence-corrected chi connectivity index (χ1v) is 15.3. The molecule has 0 aliphatic rings. The maximum Gasteiger partial charge on any atom is 0.326 e. The summed E-state index contributed by atoms with van der Waals surface area (Å²) >= 11 is 12.8. The Morgan fingerprint density at radius 3 is 2.40 bits per heavy atom. The van der Waals surface area contributed by atoms with Gasteiger partial charge in [-0.25, -0.2) is 13.2 Å². The summed E-state index contributed by atoms with van der Waals surface area (Å²) in [5.74, 6) is -1.14. The summed E-state index contributed by atoms with van der Waals surface area (Å²) in [5, 5.41) is 26.8. The van der Waals surface area contributed by atoms with Crippen LogP contribution in [0.3, 0.4) is 0 Å². The van der Waals surface area contributed by atoms with Crippen molar-refractivity contribution >= 4 is 57.3 Å². The molecular weight excluding hydrogens is 536 g/mol. The molecule has 3 aromatic rings. The largest absolute Gasteiger partial charge is 0.508 e. The number of anilines is 1. The third-order valence-corrected chi connectivity index (χ3v) is 9.24. The smallest absolute Gasteiger partial charge is 0.326 e. The number of benzene rings is 2. The van der Waals surface area contributed by atoms with Crippen molar-refractivity contribution in [3.63, 3.8) is 0 Å². The van der Waals surface area contributed by atoms with Crippen LogP contribution in [0.5, 0.6) is 5.75 Å². The zero-order chi connectivity index (χ0) is 26.0. The molecule has 35 heavy (non-hydrogen) atoms. The molecule has 0 bridgehead atoms. The highest BCUT2D eigenvalue weighted by atomic mass is 35.5. The van der Waals surface area contributed by atoms with Crippen LogP contribution in [0.25, 0.3) is 0 Å². The predicted octanol–water partition coefficient (Wildman–Crippen LogP) is 3.67. The molecule has 2 aromatic carbocycles. The van der Waals surface area contributed by atoms with Crippen LogP contribution < -0.4 is 10.6 Å². The number of aryl methyl sites for hydroxylation is 1. The Morgan fingerprint density at radius 2 is 1.86 bits per heavy atom. The summed E-state index contributed by atoms with van der Waals surface area (Å²) in [6.45, 7) is 1.64. The van der Waals surface area contributed by atoms with Crippen molar-refractivity contribution in [2.24, 2.45) is 0 Å². The van der Waals surface area contributed by atoms with Crippen LogP contribution in [0.4, 0.5) is 5.69 Å². The van der Waals surface area contributed by atoms with Crippen molar-refractivity contribution in [2.45, 2.75) is 18.9 Å². The number of hydrogen-bond donors (Lipinski definition) is 3. The van der Waals surface area contributed by atoms with Crippen molar-refractivity contribution in [3.8, 4) is 5.75 Å². The molecule has 1 aromatic heterocycles. The second-order valence-electron chi connectivity index (χ2n) is 8.25. The van der Waals surface area contributed by atoms with Crippen LogP contribution in [0.1, 0.15) is 11.1 Å². The number of halogens is 2. The standard InChI is InChI=1S/C22H24Cl2N3O6PS/c1-34(31,17-5-3-4-16(28)11-17)7-6-14-8-18(23)21(19(24)9-14)26-20(22(29)30)10-15-12-25-27(13-15)35(2,32)33/h3-5,8-9,11-13,20,26,28H,6-7,10H2,1-2H3,(H,29,30)/t20-,34?/m0/s1. The number of carboxylic acids is 1. The van der Waals surface area contributed by atoms with Crippen molar-refractivity contribution in [1.29, 1.82) is 0 Å². The first kappa shape index (κ1) is 27.1. The normalized spacial score (nSPS) is 14.3. The molecule has 2 atom stereocenters. The quantitative estimate of drug-likeness (QED) is 0.320. The van der Waals surface area contributed by atoms with E-state index in [0.717, 1.165) is 10.3 Å². The second kappa shape index (κ2) is 10.6. The van der Waals surface area contributed by atoms with Gasteiger partial charge in [-0.15, -0.1) is 0 Å². The zero-order valence-corrected chi connectivity index (χ0v) is 22.1. The summed E-state index contributed by atoms with van der Waals surface area (Å²) < 4.78 is 37.1. The third kappa shape index (κ3) is 7.01. The Morgan fingerprint density at radius 1 is 1.20 bits per heavy atom. The van der Waals surface area contributed by atoms with Crippen LogP contribution in [0.2, 0.25) is 10.0 Å². The van der Waals surface area contributed by atoms with E-state index in [1.165, 1.54) is 24.5 Å². The first-order chi connectivity index (χ1) is 16.3. The van der Waals surface area contributed by atoms with Gasteiger partial charge in [-0.1, -0.05) is 35.3 Å². The lowest BCUT2D eigenvalue weighted by Gasteiger charge is -2.19. The number of carboxylic acid groups (broad SMARTS) is 1. The van der Waals surface area contributed by atoms with Crippen LogP contribution >= 0.6 is 30.3 Å². The number of rotatable bonds is 10. The van der Waals surface area contributed by atoms with Crippen molar-refractivity contribution in [2.75, 3.05) is 24.4 Å². The lowest BCUT2D eigenvalue weighted by molar-refractivity contribution is -0.137. The number of aromatic hydroxyl groups is 1. The molecule has 0 aliphatic carbocycles. The third-order valence-electron chi connectivity index (χ3n) is 5.31. The molecule has 9 nitrogen and oxygen atoms in total. The Labute approximate surface area is 213 Å². The molecule has 1 unspecified atom stereocenters. The number of aromatic nitrogens is 2. The molecule has 0 spiro atoms. The Bertz CT molecular complexity index is 1390. The number of aliphatic carboxylic acids is 1. The fourth-order valence-electron chi connectivity index (χ4n) is 3.40. The highest BCUT2D eigenvalue weighted by Crippen LogP contribution is 2.42. The van der Waals surface area contributed by atoms with E-state index >= 15 is 0 Å². The maximum atomic E-state index is 13.1. The van der Waals surface area contributed by atoms with E-state index in [2.05, 4.69) is 10.4 Å². The molecule has 188 valence electrons. The molecule has 0 fully saturated rings. The highest BCUT2D eigenvalue weighted by molar-refractivity contribution is 7.89. The van der Waals surface area contributed by atoms with E-state index in [9.17, 15) is 28.0 Å². The Hall–Kier alpha value is -2.52. The van der Waals surface area contributed by atoms with Gasteiger partial charge in [0.2, 0.25) is 0 Å². The summed E-state index contributed by atoms with van der Waals surface area (Å²) in [4.78, 5) is 11.8. The molecule has 0 radical (unpaired) electrons. The lowest BCUT2D eigenvalue weighted by Crippen LogP contribution is -2.31. The maximum absolute atomic E-state index is 13.1.